The number of fused-ring (bicyclic) bond motifs is 3. The van der Waals surface area contributed by atoms with Crippen molar-refractivity contribution < 1.29 is 29.0 Å². The van der Waals surface area contributed by atoms with E-state index >= 15 is 0 Å². The van der Waals surface area contributed by atoms with Crippen LogP contribution in [0.25, 0.3) is 10.9 Å². The molecule has 4 rings (SSSR count). The number of halogens is 1. The van der Waals surface area contributed by atoms with Gasteiger partial charge in [-0.3, -0.25) is 19.0 Å². The summed E-state index contributed by atoms with van der Waals surface area (Å²) in [6.07, 6.45) is -0.365. The Kier molecular flexibility index (Phi) is 4.03. The van der Waals surface area contributed by atoms with E-state index in [0.717, 1.165) is 0 Å². The van der Waals surface area contributed by atoms with Crippen molar-refractivity contribution in [3.63, 3.8) is 0 Å². The first-order valence-corrected chi connectivity index (χ1v) is 8.73. The van der Waals surface area contributed by atoms with Crippen molar-refractivity contribution in [1.29, 1.82) is 0 Å². The predicted molar refractivity (Wildman–Crippen MR) is 97.8 cm³/mol. The second-order valence-corrected chi connectivity index (χ2v) is 6.96. The zero-order valence-electron chi connectivity index (χ0n) is 14.7. The van der Waals surface area contributed by atoms with E-state index in [-0.39, 0.29) is 25.2 Å². The summed E-state index contributed by atoms with van der Waals surface area (Å²) in [7, 11) is 0. The summed E-state index contributed by atoms with van der Waals surface area (Å²) in [4.78, 5) is 36.7. The molecule has 0 amide bonds. The summed E-state index contributed by atoms with van der Waals surface area (Å²) >= 11 is 0. The maximum absolute atomic E-state index is 13.9. The smallest absolute Gasteiger partial charge is 0.321 e. The molecular weight excluding hydrogens is 365 g/mol. The molecule has 3 aromatic rings. The molecule has 28 heavy (non-hydrogen) atoms. The second kappa shape index (κ2) is 6.30. The highest BCUT2D eigenvalue weighted by atomic mass is 19.1. The van der Waals surface area contributed by atoms with Gasteiger partial charge in [-0.1, -0.05) is 18.2 Å². The Morgan fingerprint density at radius 2 is 1.68 bits per heavy atom. The minimum Gasteiger partial charge on any atom is -0.480 e. The molecule has 7 heteroatoms. The molecule has 0 unspecified atom stereocenters. The average Bonchev–Trinajstić information content (AvgIpc) is 3.00. The Morgan fingerprint density at radius 3 is 2.32 bits per heavy atom. The van der Waals surface area contributed by atoms with Gasteiger partial charge in [0, 0.05) is 23.1 Å². The normalized spacial score (nSPS) is 15.2. The van der Waals surface area contributed by atoms with Crippen LogP contribution < -0.4 is 0 Å². The van der Waals surface area contributed by atoms with E-state index in [2.05, 4.69) is 0 Å². The van der Waals surface area contributed by atoms with E-state index < -0.39 is 23.2 Å². The fourth-order valence-corrected chi connectivity index (χ4v) is 3.96. The highest BCUT2D eigenvalue weighted by Crippen LogP contribution is 2.41. The van der Waals surface area contributed by atoms with Crippen molar-refractivity contribution in [2.75, 3.05) is 0 Å². The SMILES string of the molecule is O=C(c1ccccc1)n1c2c(c3cc(F)ccc31)CC(C(=O)O)(C(=O)O)CC2. The van der Waals surface area contributed by atoms with Crippen LogP contribution in [0.2, 0.25) is 0 Å². The summed E-state index contributed by atoms with van der Waals surface area (Å²) in [6, 6.07) is 12.5. The van der Waals surface area contributed by atoms with E-state index in [4.69, 9.17) is 0 Å². The van der Waals surface area contributed by atoms with Crippen molar-refractivity contribution in [3.05, 3.63) is 71.2 Å². The first-order chi connectivity index (χ1) is 13.3. The second-order valence-electron chi connectivity index (χ2n) is 6.96. The Bertz CT molecular complexity index is 1120. The van der Waals surface area contributed by atoms with E-state index in [1.165, 1.54) is 22.8 Å². The molecule has 1 aliphatic rings. The number of aromatic nitrogens is 1. The average molecular weight is 381 g/mol. The van der Waals surface area contributed by atoms with Crippen LogP contribution in [0.5, 0.6) is 0 Å². The Balaban J connectivity index is 1.97. The van der Waals surface area contributed by atoms with Crippen molar-refractivity contribution in [1.82, 2.24) is 4.57 Å². The molecule has 1 aromatic heterocycles. The molecule has 0 radical (unpaired) electrons. The molecule has 0 bridgehead atoms. The number of carboxylic acids is 2. The molecule has 0 spiro atoms. The third-order valence-electron chi connectivity index (χ3n) is 5.45. The van der Waals surface area contributed by atoms with Crippen LogP contribution in [0.15, 0.2) is 48.5 Å². The van der Waals surface area contributed by atoms with E-state index in [1.807, 2.05) is 0 Å². The largest absolute Gasteiger partial charge is 0.480 e. The number of hydrogen-bond acceptors (Lipinski definition) is 3. The van der Waals surface area contributed by atoms with Crippen LogP contribution in [-0.4, -0.2) is 32.6 Å². The fourth-order valence-electron chi connectivity index (χ4n) is 3.96. The molecule has 2 N–H and O–H groups in total. The lowest BCUT2D eigenvalue weighted by molar-refractivity contribution is -0.165. The number of benzene rings is 2. The standard InChI is InChI=1S/C21H16FNO5/c22-13-6-7-16-14(10-13)15-11-21(19(25)26,20(27)28)9-8-17(15)23(16)18(24)12-4-2-1-3-5-12/h1-7,10H,8-9,11H2,(H,25,26)(H,27,28). The number of rotatable bonds is 3. The molecule has 0 fully saturated rings. The zero-order chi connectivity index (χ0) is 20.1. The number of nitrogens with zero attached hydrogens (tertiary/aromatic N) is 1. The highest BCUT2D eigenvalue weighted by molar-refractivity contribution is 6.05. The molecule has 142 valence electrons. The van der Waals surface area contributed by atoms with Gasteiger partial charge in [-0.15, -0.1) is 0 Å². The first-order valence-electron chi connectivity index (χ1n) is 8.73. The third-order valence-corrected chi connectivity index (χ3v) is 5.45. The van der Waals surface area contributed by atoms with Crippen molar-refractivity contribution in [3.8, 4) is 0 Å². The van der Waals surface area contributed by atoms with E-state index in [9.17, 15) is 29.0 Å². The minimum atomic E-state index is -1.99. The lowest BCUT2D eigenvalue weighted by atomic mass is 9.72. The van der Waals surface area contributed by atoms with Crippen molar-refractivity contribution >= 4 is 28.7 Å². The maximum Gasteiger partial charge on any atom is 0.321 e. The zero-order valence-corrected chi connectivity index (χ0v) is 14.7. The van der Waals surface area contributed by atoms with Crippen molar-refractivity contribution in [2.24, 2.45) is 5.41 Å². The monoisotopic (exact) mass is 381 g/mol. The van der Waals surface area contributed by atoms with Gasteiger partial charge in [-0.05, 0) is 48.7 Å². The van der Waals surface area contributed by atoms with Crippen LogP contribution in [0.3, 0.4) is 0 Å². The van der Waals surface area contributed by atoms with E-state index in [0.29, 0.717) is 27.7 Å². The van der Waals surface area contributed by atoms with Crippen molar-refractivity contribution in [2.45, 2.75) is 19.3 Å². The maximum atomic E-state index is 13.9. The van der Waals surface area contributed by atoms with Gasteiger partial charge in [0.15, 0.2) is 5.41 Å². The Morgan fingerprint density at radius 1 is 1.00 bits per heavy atom. The van der Waals surface area contributed by atoms with Gasteiger partial charge < -0.3 is 10.2 Å². The van der Waals surface area contributed by atoms with Crippen LogP contribution in [0, 0.1) is 11.2 Å². The van der Waals surface area contributed by atoms with Crippen LogP contribution >= 0.6 is 0 Å². The molecule has 0 atom stereocenters. The van der Waals surface area contributed by atoms with Gasteiger partial charge in [-0.2, -0.15) is 0 Å². The molecule has 1 heterocycles. The summed E-state index contributed by atoms with van der Waals surface area (Å²) in [6.45, 7) is 0. The topological polar surface area (TPSA) is 96.6 Å². The molecule has 6 nitrogen and oxygen atoms in total. The lowest BCUT2D eigenvalue weighted by Crippen LogP contribution is -2.44. The Labute approximate surface area is 158 Å². The molecule has 1 aliphatic carbocycles. The highest BCUT2D eigenvalue weighted by Gasteiger charge is 2.50. The summed E-state index contributed by atoms with van der Waals surface area (Å²) < 4.78 is 15.4. The molecule has 0 saturated heterocycles. The van der Waals surface area contributed by atoms with Crippen LogP contribution in [-0.2, 0) is 22.4 Å². The summed E-state index contributed by atoms with van der Waals surface area (Å²) in [5, 5.41) is 19.5. The minimum absolute atomic E-state index is 0.0861. The molecule has 0 saturated carbocycles. The summed E-state index contributed by atoms with van der Waals surface area (Å²) in [5.74, 6) is -3.73. The van der Waals surface area contributed by atoms with Gasteiger partial charge in [0.25, 0.3) is 5.91 Å². The lowest BCUT2D eigenvalue weighted by Gasteiger charge is -2.29. The first kappa shape index (κ1) is 17.9. The fraction of sp³-hybridized carbons (Fsp3) is 0.190. The van der Waals surface area contributed by atoms with Gasteiger partial charge in [0.2, 0.25) is 0 Å². The predicted octanol–water partition coefficient (Wildman–Crippen LogP) is 3.11. The number of carbonyl (C=O) groups excluding carboxylic acids is 1. The Hall–Kier alpha value is -3.48. The molecule has 0 aliphatic heterocycles. The van der Waals surface area contributed by atoms with Crippen LogP contribution in [0.4, 0.5) is 4.39 Å². The molecule has 2 aromatic carbocycles. The number of carboxylic acid groups (broad SMARTS) is 2. The quantitative estimate of drug-likeness (QED) is 0.680. The number of hydrogen-bond donors (Lipinski definition) is 2. The van der Waals surface area contributed by atoms with Gasteiger partial charge >= 0.3 is 11.9 Å². The van der Waals surface area contributed by atoms with Gasteiger partial charge in [0.05, 0.1) is 5.52 Å². The van der Waals surface area contributed by atoms with Gasteiger partial charge in [-0.25, -0.2) is 4.39 Å². The summed E-state index contributed by atoms with van der Waals surface area (Å²) in [5.41, 5.74) is -0.192. The third kappa shape index (κ3) is 2.51. The molecular formula is C21H16FNO5. The van der Waals surface area contributed by atoms with Gasteiger partial charge in [0.1, 0.15) is 5.82 Å². The number of carbonyl (C=O) groups is 3. The number of aliphatic carboxylic acids is 2. The van der Waals surface area contributed by atoms with E-state index in [1.54, 1.807) is 30.3 Å². The van der Waals surface area contributed by atoms with Crippen LogP contribution in [0.1, 0.15) is 28.0 Å².